The second-order valence-electron chi connectivity index (χ2n) is 5.35. The Labute approximate surface area is 136 Å². The zero-order chi connectivity index (χ0) is 16.4. The number of carboxylic acid groups (broad SMARTS) is 1. The number of carbonyl (C=O) groups is 2. The number of piperidine rings is 1. The molecule has 0 saturated carbocycles. The highest BCUT2D eigenvalue weighted by Gasteiger charge is 2.29. The van der Waals surface area contributed by atoms with Gasteiger partial charge in [-0.25, -0.2) is 4.68 Å². The first-order valence-corrected chi connectivity index (χ1v) is 7.49. The fourth-order valence-electron chi connectivity index (χ4n) is 2.63. The van der Waals surface area contributed by atoms with Crippen LogP contribution in [0, 0.1) is 5.92 Å². The number of hydrogen-bond acceptors (Lipinski definition) is 5. The highest BCUT2D eigenvalue weighted by Crippen LogP contribution is 2.24. The van der Waals surface area contributed by atoms with Crippen molar-refractivity contribution in [2.45, 2.75) is 12.8 Å². The van der Waals surface area contributed by atoms with Gasteiger partial charge in [-0.1, -0.05) is 11.6 Å². The zero-order valence-corrected chi connectivity index (χ0v) is 12.8. The third-order valence-electron chi connectivity index (χ3n) is 3.85. The summed E-state index contributed by atoms with van der Waals surface area (Å²) in [6, 6.07) is 4.89. The van der Waals surface area contributed by atoms with Gasteiger partial charge in [0.05, 0.1) is 22.2 Å². The first kappa shape index (κ1) is 15.4. The SMILES string of the molecule is O=C(O)C1CCCN(C(=O)c2ccc(-n3cnnn3)cc2Cl)C1. The van der Waals surface area contributed by atoms with Crippen molar-refractivity contribution in [1.82, 2.24) is 25.1 Å². The number of rotatable bonds is 3. The number of aliphatic carboxylic acids is 1. The molecule has 1 aliphatic rings. The molecule has 1 atom stereocenters. The van der Waals surface area contributed by atoms with Gasteiger partial charge in [-0.2, -0.15) is 0 Å². The van der Waals surface area contributed by atoms with Gasteiger partial charge in [-0.15, -0.1) is 5.10 Å². The van der Waals surface area contributed by atoms with E-state index in [1.807, 2.05) is 0 Å². The fourth-order valence-corrected chi connectivity index (χ4v) is 2.89. The molecule has 1 aliphatic heterocycles. The minimum absolute atomic E-state index is 0.208. The molecule has 120 valence electrons. The largest absolute Gasteiger partial charge is 0.481 e. The highest BCUT2D eigenvalue weighted by molar-refractivity contribution is 6.34. The van der Waals surface area contributed by atoms with Gasteiger partial charge >= 0.3 is 5.97 Å². The van der Waals surface area contributed by atoms with E-state index in [1.54, 1.807) is 23.1 Å². The Balaban J connectivity index is 1.81. The van der Waals surface area contributed by atoms with E-state index in [-0.39, 0.29) is 17.5 Å². The topological polar surface area (TPSA) is 101 Å². The summed E-state index contributed by atoms with van der Waals surface area (Å²) in [6.45, 7) is 0.743. The molecule has 2 heterocycles. The van der Waals surface area contributed by atoms with Crippen molar-refractivity contribution < 1.29 is 14.7 Å². The van der Waals surface area contributed by atoms with Crippen LogP contribution in [0.2, 0.25) is 5.02 Å². The molecule has 1 fully saturated rings. The number of carbonyl (C=O) groups excluding carboxylic acids is 1. The Kier molecular flexibility index (Phi) is 4.24. The molecule has 1 aromatic carbocycles. The van der Waals surface area contributed by atoms with Crippen molar-refractivity contribution >= 4 is 23.5 Å². The summed E-state index contributed by atoms with van der Waals surface area (Å²) in [7, 11) is 0. The predicted molar refractivity (Wildman–Crippen MR) is 80.4 cm³/mol. The van der Waals surface area contributed by atoms with Crippen molar-refractivity contribution in [2.24, 2.45) is 5.92 Å². The number of likely N-dealkylation sites (tertiary alicyclic amines) is 1. The van der Waals surface area contributed by atoms with E-state index in [4.69, 9.17) is 16.7 Å². The van der Waals surface area contributed by atoms with Crippen LogP contribution in [0.15, 0.2) is 24.5 Å². The van der Waals surface area contributed by atoms with Crippen LogP contribution < -0.4 is 0 Å². The average Bonchev–Trinajstić information content (AvgIpc) is 3.08. The third-order valence-corrected chi connectivity index (χ3v) is 4.17. The summed E-state index contributed by atoms with van der Waals surface area (Å²) in [5.41, 5.74) is 0.980. The summed E-state index contributed by atoms with van der Waals surface area (Å²) in [6.07, 6.45) is 2.68. The molecule has 1 saturated heterocycles. The lowest BCUT2D eigenvalue weighted by Crippen LogP contribution is -2.42. The highest BCUT2D eigenvalue weighted by atomic mass is 35.5. The molecule has 1 N–H and O–H groups in total. The molecule has 1 aromatic heterocycles. The molecule has 2 aromatic rings. The maximum absolute atomic E-state index is 12.6. The maximum atomic E-state index is 12.6. The molecule has 1 amide bonds. The van der Waals surface area contributed by atoms with Crippen LogP contribution in [0.25, 0.3) is 5.69 Å². The van der Waals surface area contributed by atoms with Crippen LogP contribution in [-0.2, 0) is 4.79 Å². The quantitative estimate of drug-likeness (QED) is 0.906. The number of nitrogens with zero attached hydrogens (tertiary/aromatic N) is 5. The smallest absolute Gasteiger partial charge is 0.308 e. The van der Waals surface area contributed by atoms with Crippen molar-refractivity contribution in [2.75, 3.05) is 13.1 Å². The molecule has 3 rings (SSSR count). The predicted octanol–water partition coefficient (Wildman–Crippen LogP) is 1.25. The number of carboxylic acids is 1. The Hall–Kier alpha value is -2.48. The lowest BCUT2D eigenvalue weighted by Gasteiger charge is -2.31. The van der Waals surface area contributed by atoms with Gasteiger partial charge in [-0.3, -0.25) is 9.59 Å². The van der Waals surface area contributed by atoms with Crippen molar-refractivity contribution in [1.29, 1.82) is 0 Å². The van der Waals surface area contributed by atoms with Gasteiger partial charge in [0.15, 0.2) is 0 Å². The Bertz CT molecular complexity index is 734. The van der Waals surface area contributed by atoms with Gasteiger partial charge in [0.1, 0.15) is 6.33 Å². The van der Waals surface area contributed by atoms with Crippen LogP contribution in [0.5, 0.6) is 0 Å². The minimum atomic E-state index is -0.873. The van der Waals surface area contributed by atoms with Gasteiger partial charge in [0.2, 0.25) is 0 Å². The molecule has 0 bridgehead atoms. The first-order chi connectivity index (χ1) is 11.1. The normalized spacial score (nSPS) is 18.0. The first-order valence-electron chi connectivity index (χ1n) is 7.11. The fraction of sp³-hybridized carbons (Fsp3) is 0.357. The molecular formula is C14H14ClN5O3. The number of halogens is 1. The van der Waals surface area contributed by atoms with Crippen LogP contribution >= 0.6 is 11.6 Å². The second-order valence-corrected chi connectivity index (χ2v) is 5.75. The second kappa shape index (κ2) is 6.33. The third kappa shape index (κ3) is 3.16. The average molecular weight is 336 g/mol. The number of benzene rings is 1. The maximum Gasteiger partial charge on any atom is 0.308 e. The van der Waals surface area contributed by atoms with Gasteiger partial charge in [0, 0.05) is 13.1 Å². The summed E-state index contributed by atoms with van der Waals surface area (Å²) in [5, 5.41) is 20.2. The van der Waals surface area contributed by atoms with Gasteiger partial charge < -0.3 is 10.0 Å². The molecule has 9 heteroatoms. The van der Waals surface area contributed by atoms with Crippen molar-refractivity contribution in [3.8, 4) is 5.69 Å². The van der Waals surface area contributed by atoms with Crippen LogP contribution in [0.1, 0.15) is 23.2 Å². The monoisotopic (exact) mass is 335 g/mol. The van der Waals surface area contributed by atoms with E-state index in [0.717, 1.165) is 0 Å². The molecule has 0 radical (unpaired) electrons. The van der Waals surface area contributed by atoms with E-state index < -0.39 is 11.9 Å². The lowest BCUT2D eigenvalue weighted by molar-refractivity contribution is -0.143. The van der Waals surface area contributed by atoms with E-state index in [9.17, 15) is 9.59 Å². The summed E-state index contributed by atoms with van der Waals surface area (Å²) in [4.78, 5) is 25.2. The minimum Gasteiger partial charge on any atom is -0.481 e. The number of amides is 1. The summed E-state index contributed by atoms with van der Waals surface area (Å²) >= 11 is 6.21. The van der Waals surface area contributed by atoms with E-state index in [0.29, 0.717) is 30.6 Å². The molecular weight excluding hydrogens is 322 g/mol. The Morgan fingerprint density at radius 3 is 2.83 bits per heavy atom. The van der Waals surface area contributed by atoms with E-state index in [1.165, 1.54) is 11.0 Å². The van der Waals surface area contributed by atoms with Gasteiger partial charge in [-0.05, 0) is 41.5 Å². The van der Waals surface area contributed by atoms with Crippen LogP contribution in [0.4, 0.5) is 0 Å². The Morgan fingerprint density at radius 2 is 2.17 bits per heavy atom. The lowest BCUT2D eigenvalue weighted by atomic mass is 9.97. The molecule has 1 unspecified atom stereocenters. The van der Waals surface area contributed by atoms with E-state index in [2.05, 4.69) is 15.5 Å². The van der Waals surface area contributed by atoms with Gasteiger partial charge in [0.25, 0.3) is 5.91 Å². The number of tetrazole rings is 1. The standard InChI is InChI=1S/C14H14ClN5O3/c15-12-6-10(20-8-16-17-18-20)3-4-11(12)13(21)19-5-1-2-9(7-19)14(22)23/h3-4,6,8-9H,1-2,5,7H2,(H,22,23). The van der Waals surface area contributed by atoms with Crippen LogP contribution in [0.3, 0.4) is 0 Å². The van der Waals surface area contributed by atoms with Crippen molar-refractivity contribution in [3.05, 3.63) is 35.1 Å². The molecule has 0 aliphatic carbocycles. The number of aromatic nitrogens is 4. The van der Waals surface area contributed by atoms with Crippen molar-refractivity contribution in [3.63, 3.8) is 0 Å². The number of hydrogen-bond donors (Lipinski definition) is 1. The zero-order valence-electron chi connectivity index (χ0n) is 12.1. The summed E-state index contributed by atoms with van der Waals surface area (Å²) < 4.78 is 1.43. The van der Waals surface area contributed by atoms with E-state index >= 15 is 0 Å². The Morgan fingerprint density at radius 1 is 1.35 bits per heavy atom. The molecule has 0 spiro atoms. The molecule has 23 heavy (non-hydrogen) atoms. The molecule has 8 nitrogen and oxygen atoms in total. The summed E-state index contributed by atoms with van der Waals surface area (Å²) in [5.74, 6) is -1.65. The van der Waals surface area contributed by atoms with Crippen LogP contribution in [-0.4, -0.2) is 55.2 Å².